The van der Waals surface area contributed by atoms with Crippen molar-refractivity contribution in [1.29, 1.82) is 0 Å². The van der Waals surface area contributed by atoms with E-state index in [0.717, 1.165) is 10.8 Å². The van der Waals surface area contributed by atoms with Crippen LogP contribution >= 0.6 is 11.6 Å². The van der Waals surface area contributed by atoms with E-state index in [4.69, 9.17) is 16.3 Å². The fourth-order valence-electron chi connectivity index (χ4n) is 4.28. The van der Waals surface area contributed by atoms with E-state index in [1.54, 1.807) is 42.6 Å². The molecule has 2 heterocycles. The number of ketones is 1. The molecule has 3 aromatic carbocycles. The Hall–Kier alpha value is -4.16. The molecule has 0 bridgehead atoms. The van der Waals surface area contributed by atoms with E-state index in [9.17, 15) is 14.7 Å². The number of fused-ring (bicyclic) bond motifs is 1. The number of hydrogen-bond acceptors (Lipinski definition) is 5. The lowest BCUT2D eigenvalue weighted by atomic mass is 9.97. The lowest BCUT2D eigenvalue weighted by molar-refractivity contribution is -0.132. The molecule has 168 valence electrons. The standard InChI is InChI=1S/C27H19ClN2O4/c1-34-22-15-17(12-13-19(22)28)25(31)23-24(20-10-4-5-14-29-20)30(27(33)26(23)32)21-11-6-8-16-7-2-3-9-18(16)21/h2-15,24,31H,1H3/b25-23+. The highest BCUT2D eigenvalue weighted by molar-refractivity contribution is 6.52. The van der Waals surface area contributed by atoms with Crippen LogP contribution in [0.25, 0.3) is 16.5 Å². The Labute approximate surface area is 200 Å². The van der Waals surface area contributed by atoms with Gasteiger partial charge in [-0.3, -0.25) is 19.5 Å². The van der Waals surface area contributed by atoms with Crippen LogP contribution in [-0.4, -0.2) is 28.9 Å². The normalized spacial score (nSPS) is 17.4. The molecule has 1 saturated heterocycles. The number of carbonyl (C=O) groups excluding carboxylic acids is 2. The number of rotatable bonds is 4. The van der Waals surface area contributed by atoms with E-state index in [-0.39, 0.29) is 11.3 Å². The van der Waals surface area contributed by atoms with Gasteiger partial charge in [0.2, 0.25) is 0 Å². The first kappa shape index (κ1) is 21.7. The molecule has 1 amide bonds. The summed E-state index contributed by atoms with van der Waals surface area (Å²) in [5.41, 5.74) is 1.26. The van der Waals surface area contributed by atoms with E-state index in [2.05, 4.69) is 4.98 Å². The highest BCUT2D eigenvalue weighted by Crippen LogP contribution is 2.44. The van der Waals surface area contributed by atoms with Crippen molar-refractivity contribution < 1.29 is 19.4 Å². The molecule has 1 fully saturated rings. The summed E-state index contributed by atoms with van der Waals surface area (Å²) in [6, 6.07) is 22.1. The summed E-state index contributed by atoms with van der Waals surface area (Å²) in [4.78, 5) is 32.6. The van der Waals surface area contributed by atoms with Gasteiger partial charge in [-0.05, 0) is 41.8 Å². The van der Waals surface area contributed by atoms with Gasteiger partial charge in [0.25, 0.3) is 11.7 Å². The van der Waals surface area contributed by atoms with E-state index in [0.29, 0.717) is 27.7 Å². The zero-order chi connectivity index (χ0) is 23.8. The Morgan fingerprint density at radius 2 is 1.76 bits per heavy atom. The fourth-order valence-corrected chi connectivity index (χ4v) is 4.47. The van der Waals surface area contributed by atoms with E-state index >= 15 is 0 Å². The van der Waals surface area contributed by atoms with Crippen LogP contribution in [0, 0.1) is 0 Å². The van der Waals surface area contributed by atoms with Crippen LogP contribution in [0.15, 0.2) is 90.6 Å². The second kappa shape index (κ2) is 8.65. The summed E-state index contributed by atoms with van der Waals surface area (Å²) in [6.07, 6.45) is 1.59. The average molecular weight is 471 g/mol. The second-order valence-corrected chi connectivity index (χ2v) is 8.18. The van der Waals surface area contributed by atoms with Crippen LogP contribution < -0.4 is 9.64 Å². The van der Waals surface area contributed by atoms with Crippen molar-refractivity contribution in [2.24, 2.45) is 0 Å². The molecule has 4 aromatic rings. The van der Waals surface area contributed by atoms with E-state index in [1.807, 2.05) is 36.4 Å². The molecule has 34 heavy (non-hydrogen) atoms. The van der Waals surface area contributed by atoms with Gasteiger partial charge in [0, 0.05) is 17.1 Å². The highest BCUT2D eigenvalue weighted by Gasteiger charge is 2.48. The summed E-state index contributed by atoms with van der Waals surface area (Å²) in [6.45, 7) is 0. The number of amides is 1. The van der Waals surface area contributed by atoms with Crippen LogP contribution in [0.5, 0.6) is 5.75 Å². The molecule has 0 aliphatic carbocycles. The van der Waals surface area contributed by atoms with Crippen molar-refractivity contribution in [2.75, 3.05) is 12.0 Å². The Kier molecular flexibility index (Phi) is 5.51. The molecule has 6 nitrogen and oxygen atoms in total. The van der Waals surface area contributed by atoms with Crippen LogP contribution in [0.4, 0.5) is 5.69 Å². The molecule has 5 rings (SSSR count). The van der Waals surface area contributed by atoms with Crippen molar-refractivity contribution in [3.8, 4) is 5.75 Å². The summed E-state index contributed by atoms with van der Waals surface area (Å²) >= 11 is 6.13. The van der Waals surface area contributed by atoms with Crippen molar-refractivity contribution in [2.45, 2.75) is 6.04 Å². The Bertz CT molecular complexity index is 1460. The summed E-state index contributed by atoms with van der Waals surface area (Å²) in [7, 11) is 1.46. The first-order valence-corrected chi connectivity index (χ1v) is 10.9. The Balaban J connectivity index is 1.77. The second-order valence-electron chi connectivity index (χ2n) is 7.77. The van der Waals surface area contributed by atoms with Gasteiger partial charge >= 0.3 is 0 Å². The van der Waals surface area contributed by atoms with Crippen molar-refractivity contribution in [1.82, 2.24) is 4.98 Å². The molecule has 0 radical (unpaired) electrons. The minimum Gasteiger partial charge on any atom is -0.507 e. The van der Waals surface area contributed by atoms with Crippen molar-refractivity contribution in [3.05, 3.63) is 107 Å². The van der Waals surface area contributed by atoms with E-state index < -0.39 is 17.7 Å². The first-order chi connectivity index (χ1) is 16.5. The number of Topliss-reactive ketones (excluding diaryl/α,β-unsaturated/α-hetero) is 1. The number of aliphatic hydroxyl groups excluding tert-OH is 1. The van der Waals surface area contributed by atoms with Gasteiger partial charge in [-0.1, -0.05) is 54.1 Å². The summed E-state index contributed by atoms with van der Waals surface area (Å²) in [5, 5.41) is 13.4. The minimum atomic E-state index is -0.923. The zero-order valence-electron chi connectivity index (χ0n) is 18.1. The molecule has 0 saturated carbocycles. The number of anilines is 1. The smallest absolute Gasteiger partial charge is 0.300 e. The predicted molar refractivity (Wildman–Crippen MR) is 131 cm³/mol. The van der Waals surface area contributed by atoms with Gasteiger partial charge in [-0.15, -0.1) is 0 Å². The minimum absolute atomic E-state index is 0.0546. The number of carbonyl (C=O) groups is 2. The molecule has 1 atom stereocenters. The molecule has 7 heteroatoms. The summed E-state index contributed by atoms with van der Waals surface area (Å²) < 4.78 is 5.26. The van der Waals surface area contributed by atoms with Gasteiger partial charge in [0.15, 0.2) is 0 Å². The third-order valence-electron chi connectivity index (χ3n) is 5.86. The lowest BCUT2D eigenvalue weighted by Crippen LogP contribution is -2.30. The maximum atomic E-state index is 13.4. The Morgan fingerprint density at radius 3 is 2.53 bits per heavy atom. The van der Waals surface area contributed by atoms with Crippen LogP contribution in [0.1, 0.15) is 17.3 Å². The molecular formula is C27H19ClN2O4. The predicted octanol–water partition coefficient (Wildman–Crippen LogP) is 5.52. The Morgan fingerprint density at radius 1 is 1.00 bits per heavy atom. The molecule has 1 aromatic heterocycles. The van der Waals surface area contributed by atoms with Crippen LogP contribution in [0.3, 0.4) is 0 Å². The van der Waals surface area contributed by atoms with Crippen LogP contribution in [0.2, 0.25) is 5.02 Å². The highest BCUT2D eigenvalue weighted by atomic mass is 35.5. The van der Waals surface area contributed by atoms with Gasteiger partial charge in [0.1, 0.15) is 17.6 Å². The molecular weight excluding hydrogens is 452 g/mol. The first-order valence-electron chi connectivity index (χ1n) is 10.5. The average Bonchev–Trinajstić information content (AvgIpc) is 3.14. The van der Waals surface area contributed by atoms with Gasteiger partial charge in [-0.25, -0.2) is 0 Å². The number of ether oxygens (including phenoxy) is 1. The number of methoxy groups -OCH3 is 1. The van der Waals surface area contributed by atoms with Gasteiger partial charge in [-0.2, -0.15) is 0 Å². The quantitative estimate of drug-likeness (QED) is 0.241. The van der Waals surface area contributed by atoms with E-state index in [1.165, 1.54) is 18.1 Å². The number of benzene rings is 3. The third-order valence-corrected chi connectivity index (χ3v) is 6.18. The monoisotopic (exact) mass is 470 g/mol. The maximum Gasteiger partial charge on any atom is 0.300 e. The number of aliphatic hydroxyl groups is 1. The lowest BCUT2D eigenvalue weighted by Gasteiger charge is -2.25. The third kappa shape index (κ3) is 3.49. The van der Waals surface area contributed by atoms with Crippen molar-refractivity contribution >= 4 is 45.5 Å². The number of nitrogens with zero attached hydrogens (tertiary/aromatic N) is 2. The molecule has 1 aliphatic heterocycles. The SMILES string of the molecule is COc1cc(/C(O)=C2\C(=O)C(=O)N(c3cccc4ccccc34)C2c2ccccn2)ccc1Cl. The van der Waals surface area contributed by atoms with Crippen LogP contribution in [-0.2, 0) is 9.59 Å². The summed E-state index contributed by atoms with van der Waals surface area (Å²) in [5.74, 6) is -1.53. The van der Waals surface area contributed by atoms with Gasteiger partial charge < -0.3 is 9.84 Å². The number of halogens is 1. The molecule has 1 unspecified atom stereocenters. The topological polar surface area (TPSA) is 79.7 Å². The maximum absolute atomic E-state index is 13.4. The zero-order valence-corrected chi connectivity index (χ0v) is 18.9. The number of pyridine rings is 1. The molecule has 1 N–H and O–H groups in total. The van der Waals surface area contributed by atoms with Crippen molar-refractivity contribution in [3.63, 3.8) is 0 Å². The largest absolute Gasteiger partial charge is 0.507 e. The molecule has 0 spiro atoms. The molecule has 1 aliphatic rings. The number of hydrogen-bond donors (Lipinski definition) is 1. The number of aromatic nitrogens is 1. The fraction of sp³-hybridized carbons (Fsp3) is 0.0741. The van der Waals surface area contributed by atoms with Gasteiger partial charge in [0.05, 0.1) is 29.1 Å².